The summed E-state index contributed by atoms with van der Waals surface area (Å²) in [6.07, 6.45) is 2.75. The molecule has 0 unspecified atom stereocenters. The number of hydrogen-bond donors (Lipinski definition) is 1. The molecule has 0 aliphatic heterocycles. The third-order valence-corrected chi connectivity index (χ3v) is 2.74. The molecule has 2 N–H and O–H groups in total. The van der Waals surface area contributed by atoms with Gasteiger partial charge >= 0.3 is 0 Å². The highest BCUT2D eigenvalue weighted by Crippen LogP contribution is 2.27. The lowest BCUT2D eigenvalue weighted by atomic mass is 10.2. The first-order chi connectivity index (χ1) is 7.79. The first-order valence-electron chi connectivity index (χ1n) is 6.01. The standard InChI is InChI=1S/C12H22N2O2S/c1-12(2,3)16-8-11(15)14(9-4-5-9)7-6-10(13)17/h9H,4-8H2,1-3H3,(H2,13,17). The summed E-state index contributed by atoms with van der Waals surface area (Å²) in [7, 11) is 0. The number of carbonyl (C=O) groups is 1. The van der Waals surface area contributed by atoms with Gasteiger partial charge in [-0.1, -0.05) is 12.2 Å². The van der Waals surface area contributed by atoms with Gasteiger partial charge in [0.15, 0.2) is 0 Å². The first kappa shape index (κ1) is 14.4. The van der Waals surface area contributed by atoms with Crippen molar-refractivity contribution in [2.75, 3.05) is 13.2 Å². The van der Waals surface area contributed by atoms with E-state index >= 15 is 0 Å². The number of nitrogens with two attached hydrogens (primary N) is 1. The van der Waals surface area contributed by atoms with Crippen LogP contribution in [-0.2, 0) is 9.53 Å². The van der Waals surface area contributed by atoms with Gasteiger partial charge in [-0.2, -0.15) is 0 Å². The fourth-order valence-electron chi connectivity index (χ4n) is 1.49. The van der Waals surface area contributed by atoms with Gasteiger partial charge in [-0.25, -0.2) is 0 Å². The Hall–Kier alpha value is -0.680. The topological polar surface area (TPSA) is 55.6 Å². The molecular formula is C12H22N2O2S. The third kappa shape index (κ3) is 5.98. The number of carbonyl (C=O) groups excluding carboxylic acids is 1. The summed E-state index contributed by atoms with van der Waals surface area (Å²) in [5.41, 5.74) is 5.18. The summed E-state index contributed by atoms with van der Waals surface area (Å²) in [5, 5.41) is 0. The lowest BCUT2D eigenvalue weighted by Crippen LogP contribution is -2.39. The van der Waals surface area contributed by atoms with Gasteiger partial charge in [-0.05, 0) is 33.6 Å². The van der Waals surface area contributed by atoms with E-state index in [1.54, 1.807) is 0 Å². The molecule has 0 heterocycles. The SMILES string of the molecule is CC(C)(C)OCC(=O)N(CCC(N)=S)C1CC1. The van der Waals surface area contributed by atoms with Crippen LogP contribution in [0, 0.1) is 0 Å². The fourth-order valence-corrected chi connectivity index (χ4v) is 1.58. The van der Waals surface area contributed by atoms with Gasteiger partial charge in [0.05, 0.1) is 10.6 Å². The maximum absolute atomic E-state index is 12.0. The molecule has 0 saturated heterocycles. The third-order valence-electron chi connectivity index (χ3n) is 2.54. The number of amides is 1. The van der Waals surface area contributed by atoms with Crippen molar-refractivity contribution in [3.05, 3.63) is 0 Å². The molecule has 0 aromatic heterocycles. The number of thiocarbonyl (C=S) groups is 1. The van der Waals surface area contributed by atoms with Crippen molar-refractivity contribution in [1.29, 1.82) is 0 Å². The van der Waals surface area contributed by atoms with E-state index in [4.69, 9.17) is 22.7 Å². The van der Waals surface area contributed by atoms with Gasteiger partial charge in [-0.15, -0.1) is 0 Å². The van der Waals surface area contributed by atoms with Crippen molar-refractivity contribution in [2.24, 2.45) is 5.73 Å². The second kappa shape index (κ2) is 5.78. The van der Waals surface area contributed by atoms with E-state index in [-0.39, 0.29) is 18.1 Å². The van der Waals surface area contributed by atoms with Crippen molar-refractivity contribution < 1.29 is 9.53 Å². The van der Waals surface area contributed by atoms with E-state index in [0.717, 1.165) is 12.8 Å². The zero-order valence-corrected chi connectivity index (χ0v) is 11.7. The molecule has 1 aliphatic rings. The van der Waals surface area contributed by atoms with E-state index in [0.29, 0.717) is 24.0 Å². The molecule has 0 bridgehead atoms. The summed E-state index contributed by atoms with van der Waals surface area (Å²) in [5.74, 6) is 0.0404. The summed E-state index contributed by atoms with van der Waals surface area (Å²) in [4.78, 5) is 14.3. The van der Waals surface area contributed by atoms with Crippen LogP contribution in [-0.4, -0.2) is 40.6 Å². The molecule has 1 saturated carbocycles. The Morgan fingerprint density at radius 1 is 1.47 bits per heavy atom. The van der Waals surface area contributed by atoms with Gasteiger partial charge in [0.1, 0.15) is 6.61 Å². The Bertz CT molecular complexity index is 295. The van der Waals surface area contributed by atoms with Crippen molar-refractivity contribution in [1.82, 2.24) is 4.90 Å². The molecule has 1 fully saturated rings. The average molecular weight is 258 g/mol. The predicted octanol–water partition coefficient (Wildman–Crippen LogP) is 1.47. The van der Waals surface area contributed by atoms with E-state index in [1.165, 1.54) is 0 Å². The Balaban J connectivity index is 2.41. The number of nitrogens with zero attached hydrogens (tertiary/aromatic N) is 1. The largest absolute Gasteiger partial charge is 0.393 e. The van der Waals surface area contributed by atoms with E-state index in [9.17, 15) is 4.79 Å². The van der Waals surface area contributed by atoms with Gasteiger partial charge in [0.2, 0.25) is 5.91 Å². The minimum absolute atomic E-state index is 0.0404. The molecule has 0 aromatic carbocycles. The molecule has 5 heteroatoms. The van der Waals surface area contributed by atoms with Gasteiger partial charge in [-0.3, -0.25) is 4.79 Å². The zero-order chi connectivity index (χ0) is 13.1. The van der Waals surface area contributed by atoms with Crippen molar-refractivity contribution >= 4 is 23.1 Å². The van der Waals surface area contributed by atoms with Crippen molar-refractivity contribution in [2.45, 2.75) is 51.7 Å². The first-order valence-corrected chi connectivity index (χ1v) is 6.42. The highest BCUT2D eigenvalue weighted by molar-refractivity contribution is 7.80. The second-order valence-electron chi connectivity index (χ2n) is 5.44. The Kier molecular flexibility index (Phi) is 4.89. The van der Waals surface area contributed by atoms with Crippen LogP contribution in [0.5, 0.6) is 0 Å². The average Bonchev–Trinajstić information content (AvgIpc) is 2.97. The van der Waals surface area contributed by atoms with Gasteiger partial charge in [0.25, 0.3) is 0 Å². The van der Waals surface area contributed by atoms with Crippen LogP contribution in [0.3, 0.4) is 0 Å². The maximum atomic E-state index is 12.0. The van der Waals surface area contributed by atoms with E-state index < -0.39 is 0 Å². The number of ether oxygens (including phenoxy) is 1. The van der Waals surface area contributed by atoms with E-state index in [2.05, 4.69) is 0 Å². The molecule has 0 radical (unpaired) electrons. The van der Waals surface area contributed by atoms with Gasteiger partial charge in [0, 0.05) is 19.0 Å². The van der Waals surface area contributed by atoms with Crippen LogP contribution < -0.4 is 5.73 Å². The molecule has 0 spiro atoms. The molecular weight excluding hydrogens is 236 g/mol. The molecule has 4 nitrogen and oxygen atoms in total. The summed E-state index contributed by atoms with van der Waals surface area (Å²) in [6, 6.07) is 0.375. The van der Waals surface area contributed by atoms with Crippen LogP contribution in [0.2, 0.25) is 0 Å². The zero-order valence-electron chi connectivity index (χ0n) is 10.9. The lowest BCUT2D eigenvalue weighted by molar-refractivity contribution is -0.141. The van der Waals surface area contributed by atoms with Crippen LogP contribution >= 0.6 is 12.2 Å². The maximum Gasteiger partial charge on any atom is 0.248 e. The Morgan fingerprint density at radius 3 is 2.47 bits per heavy atom. The minimum Gasteiger partial charge on any atom is -0.393 e. The van der Waals surface area contributed by atoms with Crippen LogP contribution in [0.25, 0.3) is 0 Å². The minimum atomic E-state index is -0.284. The molecule has 1 aliphatic carbocycles. The molecule has 98 valence electrons. The monoisotopic (exact) mass is 258 g/mol. The van der Waals surface area contributed by atoms with Crippen LogP contribution in [0.4, 0.5) is 0 Å². The summed E-state index contributed by atoms with van der Waals surface area (Å²) < 4.78 is 5.50. The molecule has 1 amide bonds. The quantitative estimate of drug-likeness (QED) is 0.733. The predicted molar refractivity (Wildman–Crippen MR) is 71.8 cm³/mol. The molecule has 1 rings (SSSR count). The molecule has 17 heavy (non-hydrogen) atoms. The number of hydrogen-bond acceptors (Lipinski definition) is 3. The molecule has 0 aromatic rings. The Labute approximate surface area is 108 Å². The van der Waals surface area contributed by atoms with Crippen LogP contribution in [0.15, 0.2) is 0 Å². The normalized spacial score (nSPS) is 15.7. The summed E-state index contributed by atoms with van der Waals surface area (Å²) in [6.45, 7) is 6.58. The molecule has 0 atom stereocenters. The second-order valence-corrected chi connectivity index (χ2v) is 5.96. The van der Waals surface area contributed by atoms with Crippen LogP contribution in [0.1, 0.15) is 40.0 Å². The highest BCUT2D eigenvalue weighted by Gasteiger charge is 2.32. The van der Waals surface area contributed by atoms with Crippen molar-refractivity contribution in [3.63, 3.8) is 0 Å². The summed E-state index contributed by atoms with van der Waals surface area (Å²) >= 11 is 4.84. The lowest BCUT2D eigenvalue weighted by Gasteiger charge is -2.25. The Morgan fingerprint density at radius 2 is 2.06 bits per heavy atom. The van der Waals surface area contributed by atoms with E-state index in [1.807, 2.05) is 25.7 Å². The smallest absolute Gasteiger partial charge is 0.248 e. The fraction of sp³-hybridized carbons (Fsp3) is 0.833. The number of rotatable bonds is 6. The highest BCUT2D eigenvalue weighted by atomic mass is 32.1. The van der Waals surface area contributed by atoms with Gasteiger partial charge < -0.3 is 15.4 Å². The van der Waals surface area contributed by atoms with Crippen molar-refractivity contribution in [3.8, 4) is 0 Å².